The van der Waals surface area contributed by atoms with E-state index in [-0.39, 0.29) is 22.8 Å². The molecule has 9 heteroatoms. The lowest BCUT2D eigenvalue weighted by molar-refractivity contribution is 0.186. The third kappa shape index (κ3) is 4.88. The van der Waals surface area contributed by atoms with Crippen molar-refractivity contribution in [3.8, 4) is 0 Å². The van der Waals surface area contributed by atoms with Gasteiger partial charge < -0.3 is 5.11 Å². The van der Waals surface area contributed by atoms with E-state index in [4.69, 9.17) is 10.2 Å². The van der Waals surface area contributed by atoms with E-state index in [0.717, 1.165) is 6.07 Å². The average Bonchev–Trinajstić information content (AvgIpc) is 2.27. The predicted molar refractivity (Wildman–Crippen MR) is 69.3 cm³/mol. The van der Waals surface area contributed by atoms with Crippen LogP contribution < -0.4 is 9.86 Å². The average molecular weight is 308 g/mol. The number of sulfonamides is 2. The molecule has 1 aromatic carbocycles. The summed E-state index contributed by atoms with van der Waals surface area (Å²) in [7, 11) is -7.77. The molecule has 0 aromatic heterocycles. The molecule has 4 N–H and O–H groups in total. The lowest BCUT2D eigenvalue weighted by Crippen LogP contribution is -2.27. The molecule has 7 nitrogen and oxygen atoms in total. The Labute approximate surface area is 112 Å². The van der Waals surface area contributed by atoms with Gasteiger partial charge in [0.1, 0.15) is 0 Å². The van der Waals surface area contributed by atoms with E-state index in [9.17, 15) is 16.8 Å². The molecule has 1 rings (SSSR count). The number of hydrogen-bond acceptors (Lipinski definition) is 5. The largest absolute Gasteiger partial charge is 0.393 e. The van der Waals surface area contributed by atoms with Crippen LogP contribution in [0.25, 0.3) is 0 Å². The number of nitrogens with two attached hydrogens (primary N) is 1. The Hall–Kier alpha value is -1.00. The molecule has 0 amide bonds. The fourth-order valence-electron chi connectivity index (χ4n) is 1.30. The zero-order valence-electron chi connectivity index (χ0n) is 10.3. The number of nitrogens with one attached hydrogen (secondary N) is 1. The minimum absolute atomic E-state index is 0.0552. The molecule has 19 heavy (non-hydrogen) atoms. The van der Waals surface area contributed by atoms with E-state index in [1.54, 1.807) is 0 Å². The molecule has 0 saturated carbocycles. The van der Waals surface area contributed by atoms with Gasteiger partial charge in [0.05, 0.1) is 15.9 Å². The lowest BCUT2D eigenvalue weighted by atomic mass is 10.3. The molecule has 108 valence electrons. The van der Waals surface area contributed by atoms with Crippen LogP contribution in [0.4, 0.5) is 0 Å². The second-order valence-electron chi connectivity index (χ2n) is 4.06. The number of rotatable bonds is 6. The van der Waals surface area contributed by atoms with Crippen molar-refractivity contribution in [1.29, 1.82) is 0 Å². The summed E-state index contributed by atoms with van der Waals surface area (Å²) in [5, 5.41) is 14.0. The topological polar surface area (TPSA) is 127 Å². The van der Waals surface area contributed by atoms with Crippen LogP contribution >= 0.6 is 0 Å². The van der Waals surface area contributed by atoms with Crippen LogP contribution in [-0.2, 0) is 20.0 Å². The summed E-state index contributed by atoms with van der Waals surface area (Å²) in [6.07, 6.45) is -0.368. The summed E-state index contributed by atoms with van der Waals surface area (Å²) in [6, 6.07) is 4.76. The maximum Gasteiger partial charge on any atom is 0.240 e. The molecule has 0 fully saturated rings. The highest BCUT2D eigenvalue weighted by molar-refractivity contribution is 7.90. The second kappa shape index (κ2) is 5.97. The summed E-state index contributed by atoms with van der Waals surface area (Å²) >= 11 is 0. The molecule has 0 saturated heterocycles. The van der Waals surface area contributed by atoms with E-state index < -0.39 is 26.2 Å². The van der Waals surface area contributed by atoms with Crippen molar-refractivity contribution >= 4 is 20.0 Å². The summed E-state index contributed by atoms with van der Waals surface area (Å²) in [5.41, 5.74) is 0. The first-order chi connectivity index (χ1) is 8.63. The van der Waals surface area contributed by atoms with Crippen molar-refractivity contribution in [3.05, 3.63) is 24.3 Å². The van der Waals surface area contributed by atoms with Gasteiger partial charge in [-0.05, 0) is 31.5 Å². The molecule has 0 heterocycles. The molecule has 1 aromatic rings. The van der Waals surface area contributed by atoms with Crippen molar-refractivity contribution in [1.82, 2.24) is 4.72 Å². The van der Waals surface area contributed by atoms with Crippen LogP contribution in [-0.4, -0.2) is 34.6 Å². The number of benzene rings is 1. The smallest absolute Gasteiger partial charge is 0.240 e. The van der Waals surface area contributed by atoms with Crippen molar-refractivity contribution in [2.75, 3.05) is 6.54 Å². The molecular weight excluding hydrogens is 292 g/mol. The number of hydrogen-bond donors (Lipinski definition) is 3. The molecule has 0 spiro atoms. The summed E-state index contributed by atoms with van der Waals surface area (Å²) in [4.78, 5) is -0.462. The van der Waals surface area contributed by atoms with Gasteiger partial charge >= 0.3 is 0 Å². The van der Waals surface area contributed by atoms with Gasteiger partial charge in [-0.2, -0.15) is 0 Å². The minimum Gasteiger partial charge on any atom is -0.393 e. The summed E-state index contributed by atoms with van der Waals surface area (Å²) < 4.78 is 48.3. The number of aliphatic hydroxyl groups excluding tert-OH is 1. The van der Waals surface area contributed by atoms with Crippen LogP contribution in [0.3, 0.4) is 0 Å². The quantitative estimate of drug-likeness (QED) is 0.645. The van der Waals surface area contributed by atoms with Crippen molar-refractivity contribution in [2.24, 2.45) is 5.14 Å². The first-order valence-corrected chi connectivity index (χ1v) is 8.46. The second-order valence-corrected chi connectivity index (χ2v) is 7.38. The SMILES string of the molecule is CC(O)CCNS(=O)(=O)c1cccc(S(N)(=O)=O)c1. The van der Waals surface area contributed by atoms with Crippen molar-refractivity contribution < 1.29 is 21.9 Å². The highest BCUT2D eigenvalue weighted by Crippen LogP contribution is 2.14. The standard InChI is InChI=1S/C10H16N2O5S2/c1-8(13)5-6-12-19(16,17)10-4-2-3-9(7-10)18(11,14)15/h2-4,7-8,12-13H,5-6H2,1H3,(H2,11,14,15). The molecule has 0 bridgehead atoms. The van der Waals surface area contributed by atoms with E-state index in [1.807, 2.05) is 0 Å². The van der Waals surface area contributed by atoms with Crippen molar-refractivity contribution in [3.63, 3.8) is 0 Å². The van der Waals surface area contributed by atoms with Gasteiger partial charge in [0, 0.05) is 6.54 Å². The molecular formula is C10H16N2O5S2. The fraction of sp³-hybridized carbons (Fsp3) is 0.400. The van der Waals surface area contributed by atoms with E-state index in [0.29, 0.717) is 0 Å². The van der Waals surface area contributed by atoms with Crippen LogP contribution in [0.2, 0.25) is 0 Å². The maximum atomic E-state index is 11.9. The summed E-state index contributed by atoms with van der Waals surface area (Å²) in [6.45, 7) is 1.59. The Bertz CT molecular complexity index is 638. The molecule has 1 unspecified atom stereocenters. The van der Waals surface area contributed by atoms with Gasteiger partial charge in [-0.3, -0.25) is 0 Å². The molecule has 0 aliphatic rings. The van der Waals surface area contributed by atoms with E-state index in [1.165, 1.54) is 25.1 Å². The predicted octanol–water partition coefficient (Wildman–Crippen LogP) is -0.617. The first-order valence-electron chi connectivity index (χ1n) is 5.43. The third-order valence-electron chi connectivity index (χ3n) is 2.30. The number of primary sulfonamides is 1. The summed E-state index contributed by atoms with van der Waals surface area (Å²) in [5.74, 6) is 0. The number of aliphatic hydroxyl groups is 1. The van der Waals surface area contributed by atoms with Gasteiger partial charge in [-0.1, -0.05) is 6.07 Å². The zero-order valence-corrected chi connectivity index (χ0v) is 11.9. The highest BCUT2D eigenvalue weighted by Gasteiger charge is 2.17. The lowest BCUT2D eigenvalue weighted by Gasteiger charge is -2.08. The fourth-order valence-corrected chi connectivity index (χ4v) is 3.03. The monoisotopic (exact) mass is 308 g/mol. The first kappa shape index (κ1) is 16.1. The maximum absolute atomic E-state index is 11.9. The Morgan fingerprint density at radius 1 is 1.26 bits per heavy atom. The molecule has 0 aliphatic heterocycles. The molecule has 1 atom stereocenters. The molecule has 0 aliphatic carbocycles. The van der Waals surface area contributed by atoms with Gasteiger partial charge in [0.25, 0.3) is 0 Å². The van der Waals surface area contributed by atoms with Gasteiger partial charge in [-0.25, -0.2) is 26.7 Å². The highest BCUT2D eigenvalue weighted by atomic mass is 32.2. The third-order valence-corrected chi connectivity index (χ3v) is 4.67. The molecule has 0 radical (unpaired) electrons. The van der Waals surface area contributed by atoms with Crippen LogP contribution in [0, 0.1) is 0 Å². The van der Waals surface area contributed by atoms with Gasteiger partial charge in [0.2, 0.25) is 20.0 Å². The minimum atomic E-state index is -3.95. The van der Waals surface area contributed by atoms with E-state index in [2.05, 4.69) is 4.72 Å². The van der Waals surface area contributed by atoms with Gasteiger partial charge in [0.15, 0.2) is 0 Å². The van der Waals surface area contributed by atoms with Crippen LogP contribution in [0.1, 0.15) is 13.3 Å². The Balaban J connectivity index is 2.96. The zero-order chi connectivity index (χ0) is 14.7. The van der Waals surface area contributed by atoms with E-state index >= 15 is 0 Å². The van der Waals surface area contributed by atoms with Crippen molar-refractivity contribution in [2.45, 2.75) is 29.2 Å². The normalized spacial score (nSPS) is 14.3. The van der Waals surface area contributed by atoms with Crippen LogP contribution in [0.5, 0.6) is 0 Å². The van der Waals surface area contributed by atoms with Gasteiger partial charge in [-0.15, -0.1) is 0 Å². The Kier molecular flexibility index (Phi) is 5.04. The Morgan fingerprint density at radius 3 is 2.37 bits per heavy atom. The Morgan fingerprint density at radius 2 is 1.84 bits per heavy atom. The van der Waals surface area contributed by atoms with Crippen LogP contribution in [0.15, 0.2) is 34.1 Å².